The molecule has 0 saturated heterocycles. The summed E-state index contributed by atoms with van der Waals surface area (Å²) in [5.41, 5.74) is 1.37. The molecule has 0 radical (unpaired) electrons. The van der Waals surface area contributed by atoms with Gasteiger partial charge in [0.05, 0.1) is 25.9 Å². The highest BCUT2D eigenvalue weighted by Gasteiger charge is 2.19. The molecule has 0 spiro atoms. The maximum atomic E-state index is 12.5. The number of carbonyl (C=O) groups is 1. The number of hydrogen-bond acceptors (Lipinski definition) is 4. The van der Waals surface area contributed by atoms with Crippen molar-refractivity contribution in [2.75, 3.05) is 20.3 Å². The molecule has 1 N–H and O–H groups in total. The minimum atomic E-state index is -0.238. The van der Waals surface area contributed by atoms with Gasteiger partial charge in [0.1, 0.15) is 5.75 Å². The fourth-order valence-electron chi connectivity index (χ4n) is 2.42. The molecule has 0 aliphatic carbocycles. The van der Waals surface area contributed by atoms with Gasteiger partial charge in [-0.15, -0.1) is 0 Å². The van der Waals surface area contributed by atoms with Crippen molar-refractivity contribution in [1.29, 1.82) is 0 Å². The topological polar surface area (TPSA) is 56.8 Å². The quantitative estimate of drug-likeness (QED) is 0.920. The zero-order chi connectivity index (χ0) is 16.9. The molecule has 0 saturated carbocycles. The van der Waals surface area contributed by atoms with Crippen LogP contribution < -0.4 is 19.5 Å². The zero-order valence-electron chi connectivity index (χ0n) is 13.3. The van der Waals surface area contributed by atoms with Crippen LogP contribution in [0.15, 0.2) is 36.4 Å². The minimum Gasteiger partial charge on any atom is -0.496 e. The van der Waals surface area contributed by atoms with Gasteiger partial charge in [0.2, 0.25) is 0 Å². The minimum absolute atomic E-state index is 0.238. The second kappa shape index (κ2) is 7.45. The Morgan fingerprint density at radius 3 is 2.50 bits per heavy atom. The second-order valence-electron chi connectivity index (χ2n) is 5.36. The Balaban J connectivity index is 1.78. The summed E-state index contributed by atoms with van der Waals surface area (Å²) in [6.45, 7) is 1.54. The number of hydrogen-bond donors (Lipinski definition) is 1. The van der Waals surface area contributed by atoms with Crippen molar-refractivity contribution >= 4 is 17.5 Å². The Hall–Kier alpha value is -2.40. The molecular weight excluding hydrogens is 330 g/mol. The molecule has 0 bridgehead atoms. The largest absolute Gasteiger partial charge is 0.496 e. The maximum absolute atomic E-state index is 12.5. The van der Waals surface area contributed by atoms with E-state index in [4.69, 9.17) is 25.8 Å². The molecular formula is C18H18ClNO4. The SMILES string of the molecule is COc1cc2c(cc1C(=O)NCc1ccc(Cl)cc1)OCCCO2. The summed E-state index contributed by atoms with van der Waals surface area (Å²) in [6, 6.07) is 10.7. The van der Waals surface area contributed by atoms with E-state index in [1.54, 1.807) is 24.3 Å². The third-order valence-electron chi connectivity index (χ3n) is 3.68. The van der Waals surface area contributed by atoms with E-state index in [0.717, 1.165) is 12.0 Å². The van der Waals surface area contributed by atoms with Gasteiger partial charge in [0.15, 0.2) is 11.5 Å². The predicted octanol–water partition coefficient (Wildman–Crippen LogP) is 3.44. The first-order valence-corrected chi connectivity index (χ1v) is 8.05. The average Bonchev–Trinajstić information content (AvgIpc) is 2.84. The molecule has 1 amide bonds. The van der Waals surface area contributed by atoms with Gasteiger partial charge < -0.3 is 19.5 Å². The summed E-state index contributed by atoms with van der Waals surface area (Å²) in [5.74, 6) is 1.37. The van der Waals surface area contributed by atoms with Crippen molar-refractivity contribution in [3.8, 4) is 17.2 Å². The van der Waals surface area contributed by atoms with Crippen LogP contribution in [0.2, 0.25) is 5.02 Å². The van der Waals surface area contributed by atoms with E-state index in [1.807, 2.05) is 12.1 Å². The van der Waals surface area contributed by atoms with Crippen LogP contribution >= 0.6 is 11.6 Å². The number of ether oxygens (including phenoxy) is 3. The van der Waals surface area contributed by atoms with E-state index in [2.05, 4.69) is 5.32 Å². The summed E-state index contributed by atoms with van der Waals surface area (Å²) in [6.07, 6.45) is 0.801. The highest BCUT2D eigenvalue weighted by atomic mass is 35.5. The summed E-state index contributed by atoms with van der Waals surface area (Å²) in [7, 11) is 1.52. The highest BCUT2D eigenvalue weighted by Crippen LogP contribution is 2.36. The number of methoxy groups -OCH3 is 1. The summed E-state index contributed by atoms with van der Waals surface area (Å²) in [4.78, 5) is 12.5. The summed E-state index contributed by atoms with van der Waals surface area (Å²) in [5, 5.41) is 3.54. The van der Waals surface area contributed by atoms with Gasteiger partial charge in [-0.1, -0.05) is 23.7 Å². The molecule has 6 heteroatoms. The van der Waals surface area contributed by atoms with Crippen molar-refractivity contribution in [2.45, 2.75) is 13.0 Å². The molecule has 126 valence electrons. The normalized spacial score (nSPS) is 13.1. The van der Waals surface area contributed by atoms with Crippen LogP contribution in [0.5, 0.6) is 17.2 Å². The van der Waals surface area contributed by atoms with Crippen molar-refractivity contribution in [2.24, 2.45) is 0 Å². The number of amides is 1. The lowest BCUT2D eigenvalue weighted by Crippen LogP contribution is -2.23. The van der Waals surface area contributed by atoms with Gasteiger partial charge in [0, 0.05) is 30.1 Å². The molecule has 24 heavy (non-hydrogen) atoms. The number of halogens is 1. The predicted molar refractivity (Wildman–Crippen MR) is 91.2 cm³/mol. The number of benzene rings is 2. The molecule has 3 rings (SSSR count). The van der Waals surface area contributed by atoms with Crippen LogP contribution in [-0.2, 0) is 6.54 Å². The number of carbonyl (C=O) groups excluding carboxylic acids is 1. The number of rotatable bonds is 4. The van der Waals surface area contributed by atoms with Gasteiger partial charge in [-0.05, 0) is 17.7 Å². The molecule has 0 atom stereocenters. The molecule has 1 aliphatic heterocycles. The van der Waals surface area contributed by atoms with Gasteiger partial charge in [-0.25, -0.2) is 0 Å². The van der Waals surface area contributed by atoms with Gasteiger partial charge in [0.25, 0.3) is 5.91 Å². The average molecular weight is 348 g/mol. The summed E-state index contributed by atoms with van der Waals surface area (Å²) >= 11 is 5.86. The first-order chi connectivity index (χ1) is 11.7. The van der Waals surface area contributed by atoms with Crippen molar-refractivity contribution in [3.63, 3.8) is 0 Å². The third kappa shape index (κ3) is 3.74. The monoisotopic (exact) mass is 347 g/mol. The van der Waals surface area contributed by atoms with Crippen LogP contribution in [0.25, 0.3) is 0 Å². The van der Waals surface area contributed by atoms with Gasteiger partial charge >= 0.3 is 0 Å². The molecule has 1 aliphatic rings. The molecule has 2 aromatic rings. The van der Waals surface area contributed by atoms with Crippen LogP contribution in [0.3, 0.4) is 0 Å². The van der Waals surface area contributed by atoms with Crippen LogP contribution in [-0.4, -0.2) is 26.2 Å². The van der Waals surface area contributed by atoms with Crippen LogP contribution in [0.1, 0.15) is 22.3 Å². The highest BCUT2D eigenvalue weighted by molar-refractivity contribution is 6.30. The Morgan fingerprint density at radius 2 is 1.83 bits per heavy atom. The van der Waals surface area contributed by atoms with E-state index in [-0.39, 0.29) is 5.91 Å². The van der Waals surface area contributed by atoms with E-state index < -0.39 is 0 Å². The number of fused-ring (bicyclic) bond motifs is 1. The lowest BCUT2D eigenvalue weighted by molar-refractivity contribution is 0.0947. The Morgan fingerprint density at radius 1 is 1.17 bits per heavy atom. The van der Waals surface area contributed by atoms with E-state index >= 15 is 0 Å². The zero-order valence-corrected chi connectivity index (χ0v) is 14.1. The van der Waals surface area contributed by atoms with E-state index in [0.29, 0.717) is 47.6 Å². The van der Waals surface area contributed by atoms with Crippen molar-refractivity contribution in [3.05, 3.63) is 52.5 Å². The summed E-state index contributed by atoms with van der Waals surface area (Å²) < 4.78 is 16.6. The maximum Gasteiger partial charge on any atom is 0.255 e. The Labute approximate surface area is 145 Å². The van der Waals surface area contributed by atoms with Gasteiger partial charge in [-0.3, -0.25) is 4.79 Å². The first-order valence-electron chi connectivity index (χ1n) is 7.67. The van der Waals surface area contributed by atoms with E-state index in [1.165, 1.54) is 7.11 Å². The number of nitrogens with one attached hydrogen (secondary N) is 1. The molecule has 0 aromatic heterocycles. The Kier molecular flexibility index (Phi) is 5.11. The standard InChI is InChI=1S/C18H18ClNO4/c1-22-15-10-17-16(23-7-2-8-24-17)9-14(15)18(21)20-11-12-3-5-13(19)6-4-12/h3-6,9-10H,2,7-8,11H2,1H3,(H,20,21). The van der Waals surface area contributed by atoms with Gasteiger partial charge in [-0.2, -0.15) is 0 Å². The smallest absolute Gasteiger partial charge is 0.255 e. The Bertz CT molecular complexity index is 731. The fraction of sp³-hybridized carbons (Fsp3) is 0.278. The molecule has 0 unspecified atom stereocenters. The van der Waals surface area contributed by atoms with Crippen molar-refractivity contribution < 1.29 is 19.0 Å². The molecule has 0 fully saturated rings. The van der Waals surface area contributed by atoms with Crippen LogP contribution in [0, 0.1) is 0 Å². The van der Waals surface area contributed by atoms with Crippen molar-refractivity contribution in [1.82, 2.24) is 5.32 Å². The first kappa shape index (κ1) is 16.5. The lowest BCUT2D eigenvalue weighted by atomic mass is 10.1. The molecule has 5 nitrogen and oxygen atoms in total. The van der Waals surface area contributed by atoms with E-state index in [9.17, 15) is 4.79 Å². The fourth-order valence-corrected chi connectivity index (χ4v) is 2.54. The van der Waals surface area contributed by atoms with Crippen LogP contribution in [0.4, 0.5) is 0 Å². The second-order valence-corrected chi connectivity index (χ2v) is 5.80. The molecule has 2 aromatic carbocycles. The third-order valence-corrected chi connectivity index (χ3v) is 3.93. The lowest BCUT2D eigenvalue weighted by Gasteiger charge is -2.14. The molecule has 1 heterocycles.